The minimum Gasteiger partial charge on any atom is -0.303 e. The first-order valence-electron chi connectivity index (χ1n) is 9.05. The van der Waals surface area contributed by atoms with E-state index in [9.17, 15) is 0 Å². The first kappa shape index (κ1) is 15.7. The Labute approximate surface area is 145 Å². The number of thiol groups is 1. The van der Waals surface area contributed by atoms with Crippen LogP contribution in [0, 0.1) is 10.8 Å². The van der Waals surface area contributed by atoms with Crippen molar-refractivity contribution < 1.29 is 0 Å². The van der Waals surface area contributed by atoms with Gasteiger partial charge in [0, 0.05) is 21.4 Å². The lowest BCUT2D eigenvalue weighted by Crippen LogP contribution is -2.35. The second kappa shape index (κ2) is 5.35. The molecule has 0 spiro atoms. The lowest BCUT2D eigenvalue weighted by Gasteiger charge is -2.34. The van der Waals surface area contributed by atoms with Crippen molar-refractivity contribution in [1.82, 2.24) is 4.90 Å². The Morgan fingerprint density at radius 1 is 1.26 bits per heavy atom. The summed E-state index contributed by atoms with van der Waals surface area (Å²) < 4.78 is 0. The van der Waals surface area contributed by atoms with Crippen molar-refractivity contribution >= 4 is 24.0 Å². The van der Waals surface area contributed by atoms with Gasteiger partial charge < -0.3 is 4.90 Å². The molecule has 0 N–H and O–H groups in total. The number of hydrogen-bond acceptors (Lipinski definition) is 3. The molecule has 1 saturated carbocycles. The molecule has 23 heavy (non-hydrogen) atoms. The number of hydrogen-bond donors (Lipinski definition) is 1. The minimum absolute atomic E-state index is 0.143. The van der Waals surface area contributed by atoms with Crippen molar-refractivity contribution in [2.24, 2.45) is 15.8 Å². The summed E-state index contributed by atoms with van der Waals surface area (Å²) in [6.45, 7) is 10.8. The highest BCUT2D eigenvalue weighted by Crippen LogP contribution is 2.68. The molecule has 1 saturated heterocycles. The molecule has 124 valence electrons. The highest BCUT2D eigenvalue weighted by molar-refractivity contribution is 7.80. The maximum atomic E-state index is 5.17. The molecule has 3 heteroatoms. The molecule has 0 bridgehead atoms. The molecule has 1 aromatic carbocycles. The number of nitrogens with zero attached hydrogens (tertiary/aromatic N) is 2. The molecule has 3 aliphatic rings. The van der Waals surface area contributed by atoms with E-state index in [4.69, 9.17) is 4.99 Å². The standard InChI is InChI=1S/C20H28N2S/c1-19(2,3)18-20(8-11-22-9-4-5-10-22)13-16(20)15-7-6-14(23)12-17(15)21-18/h6-7,12,16,23H,4-5,8-11,13H2,1-3H3. The van der Waals surface area contributed by atoms with E-state index in [1.165, 1.54) is 62.3 Å². The summed E-state index contributed by atoms with van der Waals surface area (Å²) in [5.74, 6) is 0.681. The van der Waals surface area contributed by atoms with Crippen molar-refractivity contribution in [3.05, 3.63) is 23.8 Å². The van der Waals surface area contributed by atoms with E-state index in [1.807, 2.05) is 0 Å². The highest BCUT2D eigenvalue weighted by Gasteiger charge is 2.62. The number of likely N-dealkylation sites (tertiary alicyclic amines) is 1. The molecule has 2 unspecified atom stereocenters. The average molecular weight is 329 g/mol. The molecule has 2 heterocycles. The molecule has 0 radical (unpaired) electrons. The summed E-state index contributed by atoms with van der Waals surface area (Å²) in [7, 11) is 0. The van der Waals surface area contributed by atoms with Crippen LogP contribution in [0.25, 0.3) is 0 Å². The molecule has 2 fully saturated rings. The summed E-state index contributed by atoms with van der Waals surface area (Å²) >= 11 is 4.51. The molecule has 0 aromatic heterocycles. The van der Waals surface area contributed by atoms with Crippen LogP contribution >= 0.6 is 12.6 Å². The zero-order valence-electron chi connectivity index (χ0n) is 14.6. The predicted octanol–water partition coefficient (Wildman–Crippen LogP) is 5.07. The van der Waals surface area contributed by atoms with Crippen LogP contribution in [0.2, 0.25) is 0 Å². The van der Waals surface area contributed by atoms with Gasteiger partial charge in [-0.2, -0.15) is 0 Å². The fourth-order valence-electron chi connectivity index (χ4n) is 4.80. The zero-order valence-corrected chi connectivity index (χ0v) is 15.5. The Morgan fingerprint density at radius 3 is 2.70 bits per heavy atom. The van der Waals surface area contributed by atoms with Crippen LogP contribution in [0.15, 0.2) is 28.1 Å². The van der Waals surface area contributed by atoms with Gasteiger partial charge in [-0.25, -0.2) is 0 Å². The molecule has 2 aliphatic heterocycles. The Morgan fingerprint density at radius 2 is 2.00 bits per heavy atom. The van der Waals surface area contributed by atoms with Crippen molar-refractivity contribution in [2.45, 2.75) is 57.3 Å². The third-order valence-corrected chi connectivity index (χ3v) is 6.23. The van der Waals surface area contributed by atoms with Crippen molar-refractivity contribution in [1.29, 1.82) is 0 Å². The van der Waals surface area contributed by atoms with Crippen LogP contribution in [0.4, 0.5) is 5.69 Å². The van der Waals surface area contributed by atoms with Crippen molar-refractivity contribution in [3.8, 4) is 0 Å². The molecule has 2 nitrogen and oxygen atoms in total. The van der Waals surface area contributed by atoms with Crippen LogP contribution in [0.1, 0.15) is 57.9 Å². The largest absolute Gasteiger partial charge is 0.303 e. The van der Waals surface area contributed by atoms with Gasteiger partial charge >= 0.3 is 0 Å². The normalized spacial score (nSPS) is 29.9. The highest BCUT2D eigenvalue weighted by atomic mass is 32.1. The minimum atomic E-state index is 0.143. The topological polar surface area (TPSA) is 15.6 Å². The first-order chi connectivity index (χ1) is 10.9. The Kier molecular flexibility index (Phi) is 3.66. The van der Waals surface area contributed by atoms with Crippen molar-refractivity contribution in [2.75, 3.05) is 19.6 Å². The monoisotopic (exact) mass is 328 g/mol. The van der Waals surface area contributed by atoms with Gasteiger partial charge in [-0.05, 0) is 68.9 Å². The second-order valence-corrected chi connectivity index (χ2v) is 9.18. The van der Waals surface area contributed by atoms with E-state index >= 15 is 0 Å². The smallest absolute Gasteiger partial charge is 0.0675 e. The van der Waals surface area contributed by atoms with E-state index in [-0.39, 0.29) is 5.41 Å². The molecule has 0 amide bonds. The van der Waals surface area contributed by atoms with Gasteiger partial charge in [0.25, 0.3) is 0 Å². The van der Waals surface area contributed by atoms with Gasteiger partial charge in [-0.1, -0.05) is 26.8 Å². The average Bonchev–Trinajstić information content (AvgIpc) is 2.98. The number of aliphatic imine (C=N–C) groups is 1. The Hall–Kier alpha value is -0.800. The quantitative estimate of drug-likeness (QED) is 0.766. The van der Waals surface area contributed by atoms with Crippen LogP contribution in [0.3, 0.4) is 0 Å². The van der Waals surface area contributed by atoms with Crippen LogP contribution in [-0.4, -0.2) is 30.2 Å². The van der Waals surface area contributed by atoms with Gasteiger partial charge in [-0.3, -0.25) is 4.99 Å². The number of benzene rings is 1. The summed E-state index contributed by atoms with van der Waals surface area (Å²) in [5, 5.41) is 0. The van der Waals surface area contributed by atoms with Gasteiger partial charge in [-0.15, -0.1) is 12.6 Å². The zero-order chi connectivity index (χ0) is 16.2. The fraction of sp³-hybridized carbons (Fsp3) is 0.650. The molecule has 1 aromatic rings. The first-order valence-corrected chi connectivity index (χ1v) is 9.50. The molecule has 1 aliphatic carbocycles. The van der Waals surface area contributed by atoms with E-state index in [1.54, 1.807) is 0 Å². The summed E-state index contributed by atoms with van der Waals surface area (Å²) in [6.07, 6.45) is 5.32. The molecule has 4 rings (SSSR count). The lowest BCUT2D eigenvalue weighted by atomic mass is 9.75. The second-order valence-electron chi connectivity index (χ2n) is 8.67. The van der Waals surface area contributed by atoms with Crippen LogP contribution < -0.4 is 0 Å². The number of rotatable bonds is 3. The summed E-state index contributed by atoms with van der Waals surface area (Å²) in [4.78, 5) is 8.84. The third-order valence-electron chi connectivity index (χ3n) is 5.95. The maximum Gasteiger partial charge on any atom is 0.0675 e. The number of fused-ring (bicyclic) bond motifs is 3. The van der Waals surface area contributed by atoms with Gasteiger partial charge in [0.2, 0.25) is 0 Å². The van der Waals surface area contributed by atoms with Gasteiger partial charge in [0.15, 0.2) is 0 Å². The predicted molar refractivity (Wildman–Crippen MR) is 100 cm³/mol. The molecule has 2 atom stereocenters. The SMILES string of the molecule is CC(C)(C)C1=Nc2cc(S)ccc2C2CC12CCN1CCCC1. The van der Waals surface area contributed by atoms with E-state index in [0.717, 1.165) is 4.90 Å². The van der Waals surface area contributed by atoms with E-state index in [0.29, 0.717) is 11.3 Å². The van der Waals surface area contributed by atoms with E-state index < -0.39 is 0 Å². The third kappa shape index (κ3) is 2.66. The molecular formula is C20H28N2S. The fourth-order valence-corrected chi connectivity index (χ4v) is 5.00. The Bertz CT molecular complexity index is 652. The van der Waals surface area contributed by atoms with Gasteiger partial charge in [0.05, 0.1) is 5.69 Å². The van der Waals surface area contributed by atoms with Crippen LogP contribution in [0.5, 0.6) is 0 Å². The molecular weight excluding hydrogens is 300 g/mol. The van der Waals surface area contributed by atoms with E-state index in [2.05, 4.69) is 56.5 Å². The summed E-state index contributed by atoms with van der Waals surface area (Å²) in [5.41, 5.74) is 4.52. The van der Waals surface area contributed by atoms with Crippen molar-refractivity contribution in [3.63, 3.8) is 0 Å². The lowest BCUT2D eigenvalue weighted by molar-refractivity contribution is 0.309. The van der Waals surface area contributed by atoms with Gasteiger partial charge in [0.1, 0.15) is 0 Å². The summed E-state index contributed by atoms with van der Waals surface area (Å²) in [6, 6.07) is 6.54. The van der Waals surface area contributed by atoms with Crippen LogP contribution in [-0.2, 0) is 0 Å². The Balaban J connectivity index is 1.66. The maximum absolute atomic E-state index is 5.17.